The van der Waals surface area contributed by atoms with E-state index < -0.39 is 0 Å². The number of aromatic nitrogens is 2. The third kappa shape index (κ3) is 4.31. The van der Waals surface area contributed by atoms with Gasteiger partial charge in [-0.05, 0) is 45.1 Å². The van der Waals surface area contributed by atoms with E-state index in [1.165, 1.54) is 24.2 Å². The molecule has 1 amide bonds. The number of amides is 1. The number of imidazole rings is 1. The SMILES string of the molecule is Cn1c([C@H]2CCCN2CC(=O)N(CCC#N)CCC#N)nc2c1CCCC2. The van der Waals surface area contributed by atoms with Crippen molar-refractivity contribution in [3.63, 3.8) is 0 Å². The summed E-state index contributed by atoms with van der Waals surface area (Å²) in [5, 5.41) is 17.7. The second-order valence-electron chi connectivity index (χ2n) is 7.46. The number of aryl methyl sites for hydroxylation is 1. The van der Waals surface area contributed by atoms with Crippen LogP contribution in [0.1, 0.15) is 61.8 Å². The zero-order chi connectivity index (χ0) is 19.2. The van der Waals surface area contributed by atoms with Gasteiger partial charge in [-0.15, -0.1) is 0 Å². The van der Waals surface area contributed by atoms with Crippen molar-refractivity contribution in [2.75, 3.05) is 26.2 Å². The lowest BCUT2D eigenvalue weighted by atomic mass is 10.0. The summed E-state index contributed by atoms with van der Waals surface area (Å²) >= 11 is 0. The molecule has 0 bridgehead atoms. The zero-order valence-electron chi connectivity index (χ0n) is 16.2. The number of nitrogens with zero attached hydrogens (tertiary/aromatic N) is 6. The number of likely N-dealkylation sites (tertiary alicyclic amines) is 1. The van der Waals surface area contributed by atoms with Crippen LogP contribution >= 0.6 is 0 Å². The molecule has 0 N–H and O–H groups in total. The molecule has 0 spiro atoms. The Bertz CT molecular complexity index is 738. The summed E-state index contributed by atoms with van der Waals surface area (Å²) in [5.41, 5.74) is 2.60. The Balaban J connectivity index is 1.71. The van der Waals surface area contributed by atoms with Crippen LogP contribution in [0.25, 0.3) is 0 Å². The van der Waals surface area contributed by atoms with E-state index in [0.29, 0.717) is 32.5 Å². The Hall–Kier alpha value is -2.38. The summed E-state index contributed by atoms with van der Waals surface area (Å²) < 4.78 is 2.26. The topological polar surface area (TPSA) is 89.0 Å². The first-order valence-corrected chi connectivity index (χ1v) is 9.95. The predicted octanol–water partition coefficient (Wildman–Crippen LogP) is 2.09. The first-order valence-electron chi connectivity index (χ1n) is 9.95. The number of nitriles is 2. The Kier molecular flexibility index (Phi) is 6.47. The minimum Gasteiger partial charge on any atom is -0.340 e. The van der Waals surface area contributed by atoms with E-state index in [-0.39, 0.29) is 11.9 Å². The van der Waals surface area contributed by atoms with Gasteiger partial charge in [0.2, 0.25) is 5.91 Å². The molecule has 7 heteroatoms. The average Bonchev–Trinajstić information content (AvgIpc) is 3.26. The lowest BCUT2D eigenvalue weighted by Gasteiger charge is -2.27. The molecule has 2 heterocycles. The molecule has 1 fully saturated rings. The Labute approximate surface area is 161 Å². The largest absolute Gasteiger partial charge is 0.340 e. The molecule has 1 atom stereocenters. The van der Waals surface area contributed by atoms with E-state index in [2.05, 4.69) is 28.7 Å². The number of carbonyl (C=O) groups excluding carboxylic acids is 1. The van der Waals surface area contributed by atoms with Gasteiger partial charge in [-0.2, -0.15) is 10.5 Å². The fraction of sp³-hybridized carbons (Fsp3) is 0.700. The van der Waals surface area contributed by atoms with Crippen molar-refractivity contribution in [2.45, 2.75) is 57.4 Å². The Morgan fingerprint density at radius 1 is 1.19 bits per heavy atom. The van der Waals surface area contributed by atoms with Gasteiger partial charge < -0.3 is 9.47 Å². The van der Waals surface area contributed by atoms with Crippen LogP contribution in [0.15, 0.2) is 0 Å². The molecule has 0 radical (unpaired) electrons. The molecule has 0 saturated carbocycles. The van der Waals surface area contributed by atoms with E-state index >= 15 is 0 Å². The van der Waals surface area contributed by atoms with Crippen molar-refractivity contribution in [3.8, 4) is 12.1 Å². The van der Waals surface area contributed by atoms with E-state index in [1.54, 1.807) is 4.90 Å². The van der Waals surface area contributed by atoms with Gasteiger partial charge in [0.05, 0.1) is 43.3 Å². The van der Waals surface area contributed by atoms with E-state index in [9.17, 15) is 4.79 Å². The quantitative estimate of drug-likeness (QED) is 0.735. The van der Waals surface area contributed by atoms with Crippen molar-refractivity contribution in [3.05, 3.63) is 17.2 Å². The van der Waals surface area contributed by atoms with Crippen molar-refractivity contribution in [1.29, 1.82) is 10.5 Å². The second kappa shape index (κ2) is 9.01. The molecule has 2 aliphatic rings. The fourth-order valence-electron chi connectivity index (χ4n) is 4.32. The lowest BCUT2D eigenvalue weighted by molar-refractivity contribution is -0.132. The number of carbonyl (C=O) groups is 1. The minimum atomic E-state index is 0.00590. The highest BCUT2D eigenvalue weighted by Crippen LogP contribution is 2.33. The van der Waals surface area contributed by atoms with Crippen LogP contribution in [0, 0.1) is 22.7 Å². The first-order chi connectivity index (χ1) is 13.2. The number of hydrogen-bond donors (Lipinski definition) is 0. The average molecular weight is 368 g/mol. The van der Waals surface area contributed by atoms with E-state index in [4.69, 9.17) is 15.5 Å². The van der Waals surface area contributed by atoms with Crippen LogP contribution < -0.4 is 0 Å². The summed E-state index contributed by atoms with van der Waals surface area (Å²) in [6, 6.07) is 4.36. The smallest absolute Gasteiger partial charge is 0.236 e. The maximum absolute atomic E-state index is 12.8. The standard InChI is InChI=1S/C20H28N6O/c1-24-17-8-3-2-7-16(17)23-20(24)18-9-4-12-26(18)15-19(27)25(13-5-10-21)14-6-11-22/h18H,2-9,12-15H2,1H3/t18-/m1/s1. The van der Waals surface area contributed by atoms with Crippen LogP contribution in [0.2, 0.25) is 0 Å². The minimum absolute atomic E-state index is 0.00590. The molecular formula is C20H28N6O. The summed E-state index contributed by atoms with van der Waals surface area (Å²) in [6.07, 6.45) is 7.28. The lowest BCUT2D eigenvalue weighted by Crippen LogP contribution is -2.41. The van der Waals surface area contributed by atoms with Gasteiger partial charge in [-0.1, -0.05) is 0 Å². The normalized spacial score (nSPS) is 19.3. The number of hydrogen-bond acceptors (Lipinski definition) is 5. The third-order valence-electron chi connectivity index (χ3n) is 5.75. The highest BCUT2D eigenvalue weighted by molar-refractivity contribution is 5.78. The Morgan fingerprint density at radius 3 is 2.56 bits per heavy atom. The summed E-state index contributed by atoms with van der Waals surface area (Å²) in [4.78, 5) is 21.6. The number of fused-ring (bicyclic) bond motifs is 1. The van der Waals surface area contributed by atoms with Gasteiger partial charge in [0, 0.05) is 25.8 Å². The van der Waals surface area contributed by atoms with Gasteiger partial charge >= 0.3 is 0 Å². The second-order valence-corrected chi connectivity index (χ2v) is 7.46. The van der Waals surface area contributed by atoms with Gasteiger partial charge in [-0.25, -0.2) is 4.98 Å². The maximum Gasteiger partial charge on any atom is 0.236 e. The highest BCUT2D eigenvalue weighted by Gasteiger charge is 2.33. The molecule has 7 nitrogen and oxygen atoms in total. The van der Waals surface area contributed by atoms with E-state index in [1.807, 2.05) is 0 Å². The molecule has 1 aliphatic carbocycles. The van der Waals surface area contributed by atoms with Crippen LogP contribution in [0.3, 0.4) is 0 Å². The molecule has 27 heavy (non-hydrogen) atoms. The van der Waals surface area contributed by atoms with Gasteiger partial charge in [0.25, 0.3) is 0 Å². The highest BCUT2D eigenvalue weighted by atomic mass is 16.2. The van der Waals surface area contributed by atoms with Crippen LogP contribution in [-0.4, -0.2) is 51.4 Å². The Morgan fingerprint density at radius 2 is 1.89 bits per heavy atom. The van der Waals surface area contributed by atoms with Crippen molar-refractivity contribution >= 4 is 5.91 Å². The summed E-state index contributed by atoms with van der Waals surface area (Å²) in [7, 11) is 2.11. The molecular weight excluding hydrogens is 340 g/mol. The van der Waals surface area contributed by atoms with Gasteiger partial charge in [-0.3, -0.25) is 9.69 Å². The van der Waals surface area contributed by atoms with E-state index in [0.717, 1.165) is 38.1 Å². The van der Waals surface area contributed by atoms with Crippen LogP contribution in [0.4, 0.5) is 0 Å². The summed E-state index contributed by atoms with van der Waals surface area (Å²) in [5.74, 6) is 1.10. The monoisotopic (exact) mass is 368 g/mol. The third-order valence-corrected chi connectivity index (χ3v) is 5.75. The first kappa shape index (κ1) is 19.4. The van der Waals surface area contributed by atoms with Gasteiger partial charge in [0.1, 0.15) is 5.82 Å². The maximum atomic E-state index is 12.8. The molecule has 1 aliphatic heterocycles. The fourth-order valence-corrected chi connectivity index (χ4v) is 4.32. The van der Waals surface area contributed by atoms with Crippen molar-refractivity contribution < 1.29 is 4.79 Å². The molecule has 1 aromatic rings. The zero-order valence-corrected chi connectivity index (χ0v) is 16.2. The predicted molar refractivity (Wildman–Crippen MR) is 100 cm³/mol. The summed E-state index contributed by atoms with van der Waals surface area (Å²) in [6.45, 7) is 2.01. The molecule has 144 valence electrons. The van der Waals surface area contributed by atoms with Crippen LogP contribution in [0.5, 0.6) is 0 Å². The van der Waals surface area contributed by atoms with Gasteiger partial charge in [0.15, 0.2) is 0 Å². The van der Waals surface area contributed by atoms with Crippen LogP contribution in [-0.2, 0) is 24.7 Å². The molecule has 0 aromatic carbocycles. The number of rotatable bonds is 7. The molecule has 0 unspecified atom stereocenters. The van der Waals surface area contributed by atoms with Crippen molar-refractivity contribution in [1.82, 2.24) is 19.4 Å². The molecule has 3 rings (SSSR count). The molecule has 1 aromatic heterocycles. The molecule has 1 saturated heterocycles. The van der Waals surface area contributed by atoms with Crippen molar-refractivity contribution in [2.24, 2.45) is 7.05 Å².